The van der Waals surface area contributed by atoms with Gasteiger partial charge in [0.1, 0.15) is 5.65 Å². The summed E-state index contributed by atoms with van der Waals surface area (Å²) in [6.45, 7) is 8.64. The maximum absolute atomic E-state index is 13.6. The van der Waals surface area contributed by atoms with Gasteiger partial charge in [-0.15, -0.1) is 0 Å². The quantitative estimate of drug-likeness (QED) is 0.269. The number of amides is 1. The van der Waals surface area contributed by atoms with Gasteiger partial charge in [-0.2, -0.15) is 5.10 Å². The number of carbonyl (C=O) groups excluding carboxylic acids is 1. The highest BCUT2D eigenvalue weighted by molar-refractivity contribution is 6.06. The van der Waals surface area contributed by atoms with Gasteiger partial charge < -0.3 is 14.6 Å². The van der Waals surface area contributed by atoms with Crippen LogP contribution in [0.25, 0.3) is 27.9 Å². The number of benzene rings is 1. The molecule has 0 saturated carbocycles. The van der Waals surface area contributed by atoms with E-state index in [4.69, 9.17) is 4.98 Å². The van der Waals surface area contributed by atoms with E-state index in [2.05, 4.69) is 72.4 Å². The molecule has 196 valence electrons. The van der Waals surface area contributed by atoms with Gasteiger partial charge in [0, 0.05) is 24.3 Å². The number of aromatic nitrogens is 5. The number of hydrogen-bond acceptors (Lipinski definition) is 5. The molecule has 0 radical (unpaired) electrons. The molecule has 0 aliphatic heterocycles. The summed E-state index contributed by atoms with van der Waals surface area (Å²) in [6.07, 6.45) is 7.85. The van der Waals surface area contributed by atoms with Crippen LogP contribution in [0.3, 0.4) is 0 Å². The molecular weight excluding hydrogens is 474 g/mol. The molecule has 0 unspecified atom stereocenters. The Labute approximate surface area is 223 Å². The van der Waals surface area contributed by atoms with Crippen molar-refractivity contribution in [3.8, 4) is 11.3 Å². The summed E-state index contributed by atoms with van der Waals surface area (Å²) < 4.78 is 3.86. The molecule has 1 N–H and O–H groups in total. The summed E-state index contributed by atoms with van der Waals surface area (Å²) in [5.74, 6) is -0.164. The van der Waals surface area contributed by atoms with E-state index in [-0.39, 0.29) is 11.9 Å². The van der Waals surface area contributed by atoms with Gasteiger partial charge in [-0.3, -0.25) is 4.79 Å². The maximum atomic E-state index is 13.6. The summed E-state index contributed by atoms with van der Waals surface area (Å²) >= 11 is 0. The molecular formula is C30H35N7O. The largest absolute Gasteiger partial charge is 0.346 e. The van der Waals surface area contributed by atoms with Gasteiger partial charge in [0.15, 0.2) is 5.65 Å². The fourth-order valence-electron chi connectivity index (χ4n) is 4.76. The Balaban J connectivity index is 1.48. The van der Waals surface area contributed by atoms with Gasteiger partial charge in [0.2, 0.25) is 0 Å². The Morgan fingerprint density at radius 2 is 1.97 bits per heavy atom. The number of fused-ring (bicyclic) bond motifs is 2. The topological polar surface area (TPSA) is 80.4 Å². The van der Waals surface area contributed by atoms with Crippen LogP contribution in [0.5, 0.6) is 0 Å². The Hall–Kier alpha value is -4.04. The highest BCUT2D eigenvalue weighted by Crippen LogP contribution is 2.27. The molecule has 38 heavy (non-hydrogen) atoms. The van der Waals surface area contributed by atoms with E-state index < -0.39 is 0 Å². The molecule has 0 fully saturated rings. The molecule has 4 heterocycles. The van der Waals surface area contributed by atoms with Crippen LogP contribution in [0.1, 0.15) is 61.3 Å². The van der Waals surface area contributed by atoms with E-state index in [1.54, 1.807) is 12.4 Å². The Bertz CT molecular complexity index is 1570. The lowest BCUT2D eigenvalue weighted by molar-refractivity contribution is 0.0952. The van der Waals surface area contributed by atoms with Crippen LogP contribution in [0, 0.1) is 0 Å². The van der Waals surface area contributed by atoms with Crippen LogP contribution < -0.4 is 5.32 Å². The number of nitrogens with zero attached hydrogens (tertiary/aromatic N) is 6. The van der Waals surface area contributed by atoms with Crippen LogP contribution in [-0.2, 0) is 13.1 Å². The normalized spacial score (nSPS) is 11.7. The van der Waals surface area contributed by atoms with Crippen molar-refractivity contribution in [2.75, 3.05) is 13.6 Å². The highest BCUT2D eigenvalue weighted by atomic mass is 16.1. The van der Waals surface area contributed by atoms with Gasteiger partial charge in [0.25, 0.3) is 5.91 Å². The lowest BCUT2D eigenvalue weighted by Crippen LogP contribution is -2.24. The van der Waals surface area contributed by atoms with Crippen molar-refractivity contribution in [1.29, 1.82) is 0 Å². The second-order valence-corrected chi connectivity index (χ2v) is 10.1. The number of carbonyl (C=O) groups is 1. The molecule has 0 saturated heterocycles. The van der Waals surface area contributed by atoms with Gasteiger partial charge in [-0.1, -0.05) is 37.6 Å². The molecule has 0 aliphatic carbocycles. The minimum Gasteiger partial charge on any atom is -0.346 e. The van der Waals surface area contributed by atoms with Crippen molar-refractivity contribution >= 4 is 22.6 Å². The van der Waals surface area contributed by atoms with Gasteiger partial charge in [-0.05, 0) is 63.7 Å². The minimum atomic E-state index is -0.164. The van der Waals surface area contributed by atoms with Crippen molar-refractivity contribution in [3.63, 3.8) is 0 Å². The third-order valence-electron chi connectivity index (χ3n) is 6.79. The molecule has 0 bridgehead atoms. The van der Waals surface area contributed by atoms with E-state index in [1.165, 1.54) is 18.4 Å². The fraction of sp³-hybridized carbons (Fsp3) is 0.333. The number of rotatable bonds is 10. The predicted octanol–water partition coefficient (Wildman–Crippen LogP) is 5.49. The monoisotopic (exact) mass is 509 g/mol. The standard InChI is InChI=1S/C30H35N7O/c1-5-6-13-35(4)20-22-10-9-11-23(15-22)27-16-25(26-19-33-37(21(2)3)29(26)34-27)30(38)32-18-24-17-31-28-12-7-8-14-36(24)28/h7-12,14-17,19,21H,5-6,13,18,20H2,1-4H3,(H,32,38). The Kier molecular flexibility index (Phi) is 7.51. The number of hydrogen-bond donors (Lipinski definition) is 1. The summed E-state index contributed by atoms with van der Waals surface area (Å²) in [5.41, 5.74) is 6.01. The maximum Gasteiger partial charge on any atom is 0.252 e. The molecule has 8 heteroatoms. The van der Waals surface area contributed by atoms with Crippen LogP contribution in [0.2, 0.25) is 0 Å². The smallest absolute Gasteiger partial charge is 0.252 e. The lowest BCUT2D eigenvalue weighted by Gasteiger charge is -2.17. The fourth-order valence-corrected chi connectivity index (χ4v) is 4.76. The number of pyridine rings is 2. The van der Waals surface area contributed by atoms with Gasteiger partial charge >= 0.3 is 0 Å². The molecule has 0 spiro atoms. The van der Waals surface area contributed by atoms with Crippen molar-refractivity contribution in [2.24, 2.45) is 0 Å². The molecule has 0 aliphatic rings. The molecule has 1 amide bonds. The van der Waals surface area contributed by atoms with E-state index >= 15 is 0 Å². The molecule has 0 atom stereocenters. The molecule has 1 aromatic carbocycles. The average molecular weight is 510 g/mol. The van der Waals surface area contributed by atoms with Crippen LogP contribution in [-0.4, -0.2) is 48.5 Å². The number of unbranched alkanes of at least 4 members (excludes halogenated alkanes) is 1. The predicted molar refractivity (Wildman–Crippen MR) is 151 cm³/mol. The zero-order valence-corrected chi connectivity index (χ0v) is 22.6. The summed E-state index contributed by atoms with van der Waals surface area (Å²) in [7, 11) is 2.15. The van der Waals surface area contributed by atoms with Crippen LogP contribution in [0.15, 0.2) is 67.1 Å². The van der Waals surface area contributed by atoms with Crippen molar-refractivity contribution in [2.45, 2.75) is 52.7 Å². The van der Waals surface area contributed by atoms with Crippen molar-refractivity contribution < 1.29 is 4.79 Å². The lowest BCUT2D eigenvalue weighted by atomic mass is 10.0. The van der Waals surface area contributed by atoms with Crippen molar-refractivity contribution in [3.05, 3.63) is 83.9 Å². The first-order chi connectivity index (χ1) is 18.4. The van der Waals surface area contributed by atoms with E-state index in [9.17, 15) is 4.79 Å². The first kappa shape index (κ1) is 25.6. The van der Waals surface area contributed by atoms with E-state index in [0.29, 0.717) is 17.8 Å². The third kappa shape index (κ3) is 5.31. The Morgan fingerprint density at radius 1 is 1.11 bits per heavy atom. The molecule has 5 rings (SSSR count). The van der Waals surface area contributed by atoms with Crippen LogP contribution in [0.4, 0.5) is 0 Å². The Morgan fingerprint density at radius 3 is 2.79 bits per heavy atom. The molecule has 5 aromatic rings. The minimum absolute atomic E-state index is 0.114. The van der Waals surface area contributed by atoms with E-state index in [1.807, 2.05) is 39.5 Å². The summed E-state index contributed by atoms with van der Waals surface area (Å²) in [6, 6.07) is 16.3. The second kappa shape index (κ2) is 11.1. The zero-order valence-electron chi connectivity index (χ0n) is 22.6. The SMILES string of the molecule is CCCCN(C)Cc1cccc(-c2cc(C(=O)NCc3cnc4ccccn34)c3cnn(C(C)C)c3n2)c1. The second-order valence-electron chi connectivity index (χ2n) is 10.1. The zero-order chi connectivity index (χ0) is 26.6. The molecule has 8 nitrogen and oxygen atoms in total. The third-order valence-corrected chi connectivity index (χ3v) is 6.79. The van der Waals surface area contributed by atoms with Crippen LogP contribution >= 0.6 is 0 Å². The first-order valence-electron chi connectivity index (χ1n) is 13.3. The average Bonchev–Trinajstić information content (AvgIpc) is 3.54. The van der Waals surface area contributed by atoms with Crippen molar-refractivity contribution in [1.82, 2.24) is 34.4 Å². The summed E-state index contributed by atoms with van der Waals surface area (Å²) in [5, 5.41) is 8.40. The van der Waals surface area contributed by atoms with E-state index in [0.717, 1.165) is 41.1 Å². The molecule has 4 aromatic heterocycles. The van der Waals surface area contributed by atoms with Gasteiger partial charge in [-0.25, -0.2) is 14.6 Å². The first-order valence-corrected chi connectivity index (χ1v) is 13.3. The number of nitrogens with one attached hydrogen (secondary N) is 1. The van der Waals surface area contributed by atoms with Gasteiger partial charge in [0.05, 0.1) is 41.3 Å². The summed E-state index contributed by atoms with van der Waals surface area (Å²) in [4.78, 5) is 25.3. The number of imidazole rings is 1. The highest BCUT2D eigenvalue weighted by Gasteiger charge is 2.19.